The monoisotopic (exact) mass is 366 g/mol. The lowest BCUT2D eigenvalue weighted by Gasteiger charge is -2.11. The number of amides is 1. The van der Waals surface area contributed by atoms with Crippen LogP contribution in [0, 0.1) is 6.92 Å². The highest BCUT2D eigenvalue weighted by Gasteiger charge is 2.33. The van der Waals surface area contributed by atoms with Gasteiger partial charge in [-0.15, -0.1) is 0 Å². The molecule has 0 bridgehead atoms. The van der Waals surface area contributed by atoms with Crippen LogP contribution in [0.2, 0.25) is 0 Å². The minimum Gasteiger partial charge on any atom is -0.491 e. The summed E-state index contributed by atoms with van der Waals surface area (Å²) in [5, 5.41) is 3.85. The van der Waals surface area contributed by atoms with E-state index in [1.165, 1.54) is 6.26 Å². The predicted molar refractivity (Wildman–Crippen MR) is 96.9 cm³/mol. The normalized spacial score (nSPS) is 13.0. The van der Waals surface area contributed by atoms with Crippen molar-refractivity contribution in [2.24, 2.45) is 0 Å². The van der Waals surface area contributed by atoms with E-state index in [0.717, 1.165) is 16.8 Å². The Hall–Kier alpha value is -3.42. The maximum absolute atomic E-state index is 12.7. The van der Waals surface area contributed by atoms with Gasteiger partial charge in [-0.2, -0.15) is 0 Å². The number of rotatable bonds is 5. The van der Waals surface area contributed by atoms with Crippen molar-refractivity contribution in [2.75, 3.05) is 18.6 Å². The summed E-state index contributed by atoms with van der Waals surface area (Å²) in [4.78, 5) is 23.3. The second kappa shape index (κ2) is 6.71. The summed E-state index contributed by atoms with van der Waals surface area (Å²) in [5.41, 5.74) is 3.65. The smallest absolute Gasteiger partial charge is 0.262 e. The summed E-state index contributed by atoms with van der Waals surface area (Å²) >= 11 is 0. The van der Waals surface area contributed by atoms with Crippen LogP contribution in [-0.2, 0) is 6.54 Å². The molecule has 1 amide bonds. The first-order valence-corrected chi connectivity index (χ1v) is 8.52. The summed E-state index contributed by atoms with van der Waals surface area (Å²) in [6.45, 7) is 4.63. The third-order valence-electron chi connectivity index (χ3n) is 4.37. The van der Waals surface area contributed by atoms with E-state index >= 15 is 0 Å². The van der Waals surface area contributed by atoms with Crippen molar-refractivity contribution in [1.29, 1.82) is 0 Å². The van der Waals surface area contributed by atoms with Gasteiger partial charge in [0.2, 0.25) is 0 Å². The summed E-state index contributed by atoms with van der Waals surface area (Å²) in [6, 6.07) is 5.36. The molecule has 0 aliphatic carbocycles. The van der Waals surface area contributed by atoms with Gasteiger partial charge >= 0.3 is 0 Å². The Morgan fingerprint density at radius 2 is 2.19 bits per heavy atom. The topological polar surface area (TPSA) is 90.6 Å². The number of anilines is 1. The third kappa shape index (κ3) is 2.88. The zero-order valence-corrected chi connectivity index (χ0v) is 15.2. The van der Waals surface area contributed by atoms with Crippen LogP contribution in [0.25, 0.3) is 11.3 Å². The van der Waals surface area contributed by atoms with Crippen molar-refractivity contribution in [2.45, 2.75) is 20.4 Å². The Bertz CT molecular complexity index is 1000. The lowest BCUT2D eigenvalue weighted by molar-refractivity contribution is 0.0994. The number of ether oxygens (including phenoxy) is 2. The van der Waals surface area contributed by atoms with Crippen LogP contribution in [0.4, 0.5) is 5.82 Å². The quantitative estimate of drug-likeness (QED) is 0.685. The molecular weight excluding hydrogens is 348 g/mol. The van der Waals surface area contributed by atoms with Gasteiger partial charge in [0.25, 0.3) is 11.8 Å². The first-order chi connectivity index (χ1) is 13.1. The van der Waals surface area contributed by atoms with Crippen LogP contribution in [-0.4, -0.2) is 34.7 Å². The molecule has 0 saturated carbocycles. The second-order valence-corrected chi connectivity index (χ2v) is 6.06. The number of carbonyl (C=O) groups is 1. The number of nitrogens with zero attached hydrogens (tertiary/aromatic N) is 4. The fourth-order valence-corrected chi connectivity index (χ4v) is 3.14. The van der Waals surface area contributed by atoms with Crippen LogP contribution in [0.5, 0.6) is 11.6 Å². The lowest BCUT2D eigenvalue weighted by atomic mass is 10.1. The van der Waals surface area contributed by atoms with Crippen molar-refractivity contribution in [3.63, 3.8) is 0 Å². The standard InChI is InChI=1S/C19H18N4O4/c1-4-26-18-15(25-3)8-12(9-20-18)13-7-11(2)17-14(21-13)10-23(19(17)24)16-5-6-27-22-16/h5-9H,4,10H2,1-3H3. The van der Waals surface area contributed by atoms with E-state index in [0.29, 0.717) is 41.9 Å². The number of carbonyl (C=O) groups excluding carboxylic acids is 1. The minimum atomic E-state index is -0.127. The molecule has 0 atom stereocenters. The van der Waals surface area contributed by atoms with Crippen molar-refractivity contribution in [3.8, 4) is 22.9 Å². The first kappa shape index (κ1) is 17.0. The van der Waals surface area contributed by atoms with E-state index in [4.69, 9.17) is 14.0 Å². The van der Waals surface area contributed by atoms with Crippen molar-refractivity contribution < 1.29 is 18.8 Å². The zero-order chi connectivity index (χ0) is 19.0. The van der Waals surface area contributed by atoms with Gasteiger partial charge in [-0.3, -0.25) is 14.7 Å². The third-order valence-corrected chi connectivity index (χ3v) is 4.37. The fraction of sp³-hybridized carbons (Fsp3) is 0.263. The van der Waals surface area contributed by atoms with Gasteiger partial charge in [-0.25, -0.2) is 4.98 Å². The molecule has 8 nitrogen and oxygen atoms in total. The minimum absolute atomic E-state index is 0.127. The Balaban J connectivity index is 1.73. The molecule has 3 aromatic rings. The predicted octanol–water partition coefficient (Wildman–Crippen LogP) is 3.01. The molecule has 0 spiro atoms. The van der Waals surface area contributed by atoms with E-state index in [1.807, 2.05) is 26.0 Å². The van der Waals surface area contributed by atoms with Crippen LogP contribution in [0.1, 0.15) is 28.5 Å². The largest absolute Gasteiger partial charge is 0.491 e. The van der Waals surface area contributed by atoms with Crippen LogP contribution in [0.15, 0.2) is 35.2 Å². The molecule has 0 aromatic carbocycles. The molecule has 138 valence electrons. The highest BCUT2D eigenvalue weighted by Crippen LogP contribution is 2.33. The van der Waals surface area contributed by atoms with Crippen LogP contribution < -0.4 is 14.4 Å². The first-order valence-electron chi connectivity index (χ1n) is 8.52. The van der Waals surface area contributed by atoms with Crippen molar-refractivity contribution in [1.82, 2.24) is 15.1 Å². The fourth-order valence-electron chi connectivity index (χ4n) is 3.14. The zero-order valence-electron chi connectivity index (χ0n) is 15.2. The highest BCUT2D eigenvalue weighted by atomic mass is 16.5. The van der Waals surface area contributed by atoms with Crippen molar-refractivity contribution >= 4 is 11.7 Å². The van der Waals surface area contributed by atoms with E-state index in [2.05, 4.69) is 15.1 Å². The molecule has 0 radical (unpaired) electrons. The molecule has 1 aliphatic heterocycles. The lowest BCUT2D eigenvalue weighted by Crippen LogP contribution is -2.23. The van der Waals surface area contributed by atoms with Gasteiger partial charge in [0.15, 0.2) is 11.6 Å². The molecule has 0 unspecified atom stereocenters. The Morgan fingerprint density at radius 1 is 1.33 bits per heavy atom. The molecule has 8 heteroatoms. The molecule has 4 heterocycles. The molecule has 1 aliphatic rings. The maximum Gasteiger partial charge on any atom is 0.262 e. The van der Waals surface area contributed by atoms with Crippen LogP contribution >= 0.6 is 0 Å². The average Bonchev–Trinajstić information content (AvgIpc) is 3.30. The molecule has 0 fully saturated rings. The Morgan fingerprint density at radius 3 is 2.89 bits per heavy atom. The van der Waals surface area contributed by atoms with Gasteiger partial charge in [-0.05, 0) is 31.5 Å². The number of aryl methyl sites for hydroxylation is 1. The summed E-state index contributed by atoms with van der Waals surface area (Å²) in [6.07, 6.45) is 3.13. The van der Waals surface area contributed by atoms with Gasteiger partial charge in [0, 0.05) is 17.8 Å². The number of hydrogen-bond donors (Lipinski definition) is 0. The number of hydrogen-bond acceptors (Lipinski definition) is 7. The van der Waals surface area contributed by atoms with E-state index in [9.17, 15) is 4.79 Å². The van der Waals surface area contributed by atoms with E-state index in [-0.39, 0.29) is 5.91 Å². The van der Waals surface area contributed by atoms with Gasteiger partial charge < -0.3 is 14.0 Å². The highest BCUT2D eigenvalue weighted by molar-refractivity contribution is 6.10. The average molecular weight is 366 g/mol. The summed E-state index contributed by atoms with van der Waals surface area (Å²) < 4.78 is 15.7. The van der Waals surface area contributed by atoms with E-state index in [1.54, 1.807) is 24.3 Å². The van der Waals surface area contributed by atoms with E-state index < -0.39 is 0 Å². The Kier molecular flexibility index (Phi) is 4.23. The number of aromatic nitrogens is 3. The summed E-state index contributed by atoms with van der Waals surface area (Å²) in [7, 11) is 1.57. The Labute approximate surface area is 155 Å². The molecule has 3 aromatic heterocycles. The number of methoxy groups -OCH3 is 1. The van der Waals surface area contributed by atoms with Gasteiger partial charge in [-0.1, -0.05) is 5.16 Å². The van der Waals surface area contributed by atoms with Gasteiger partial charge in [0.05, 0.1) is 37.2 Å². The maximum atomic E-state index is 12.7. The SMILES string of the molecule is CCOc1ncc(-c2cc(C)c3c(n2)CN(c2ccon2)C3=O)cc1OC. The molecule has 0 saturated heterocycles. The molecule has 4 rings (SSSR count). The molecule has 27 heavy (non-hydrogen) atoms. The van der Waals surface area contributed by atoms with Gasteiger partial charge in [0.1, 0.15) is 6.26 Å². The number of pyridine rings is 2. The van der Waals surface area contributed by atoms with Crippen LogP contribution in [0.3, 0.4) is 0 Å². The molecule has 0 N–H and O–H groups in total. The second-order valence-electron chi connectivity index (χ2n) is 6.06. The van der Waals surface area contributed by atoms with Crippen molar-refractivity contribution in [3.05, 3.63) is 47.5 Å². The summed E-state index contributed by atoms with van der Waals surface area (Å²) in [5.74, 6) is 1.32. The number of fused-ring (bicyclic) bond motifs is 1. The molecular formula is C19H18N4O4.